The van der Waals surface area contributed by atoms with Crippen LogP contribution in [0.2, 0.25) is 0 Å². The van der Waals surface area contributed by atoms with E-state index in [1.54, 1.807) is 6.21 Å². The smallest absolute Gasteiger partial charge is 0.210 e. The van der Waals surface area contributed by atoms with Gasteiger partial charge >= 0.3 is 0 Å². The summed E-state index contributed by atoms with van der Waals surface area (Å²) in [4.78, 5) is 2.14. The van der Waals surface area contributed by atoms with Gasteiger partial charge in [-0.2, -0.15) is 5.10 Å². The highest BCUT2D eigenvalue weighted by atomic mass is 79.9. The zero-order valence-electron chi connectivity index (χ0n) is 10.1. The first-order valence-electron chi connectivity index (χ1n) is 5.84. The zero-order valence-corrected chi connectivity index (χ0v) is 11.7. The summed E-state index contributed by atoms with van der Waals surface area (Å²) in [6.45, 7) is 3.09. The van der Waals surface area contributed by atoms with Crippen molar-refractivity contribution in [2.75, 3.05) is 31.2 Å². The van der Waals surface area contributed by atoms with Crippen LogP contribution in [0.4, 0.5) is 5.88 Å². The Morgan fingerprint density at radius 2 is 2.00 bits per heavy atom. The topological polar surface area (TPSA) is 68.7 Å². The minimum Gasteiger partial charge on any atom is -0.438 e. The van der Waals surface area contributed by atoms with Gasteiger partial charge in [-0.05, 0) is 15.9 Å². The van der Waals surface area contributed by atoms with Crippen molar-refractivity contribution < 1.29 is 9.15 Å². The highest BCUT2D eigenvalue weighted by Gasteiger charge is 2.18. The summed E-state index contributed by atoms with van der Waals surface area (Å²) in [6.07, 6.45) is 4.65. The van der Waals surface area contributed by atoms with Gasteiger partial charge in [-0.1, -0.05) is 0 Å². The molecule has 0 spiro atoms. The number of anilines is 1. The number of nitrogens with zero attached hydrogens (tertiary/aromatic N) is 5. The van der Waals surface area contributed by atoms with Crippen LogP contribution in [0.25, 0.3) is 0 Å². The van der Waals surface area contributed by atoms with Gasteiger partial charge in [0.2, 0.25) is 5.88 Å². The molecule has 0 N–H and O–H groups in total. The molecule has 0 radical (unpaired) electrons. The monoisotopic (exact) mass is 325 g/mol. The molecule has 0 aliphatic carbocycles. The van der Waals surface area contributed by atoms with Gasteiger partial charge in [-0.15, -0.1) is 10.2 Å². The first-order valence-corrected chi connectivity index (χ1v) is 6.63. The Bertz CT molecular complexity index is 560. The minimum atomic E-state index is 0.669. The lowest BCUT2D eigenvalue weighted by Crippen LogP contribution is -2.36. The van der Waals surface area contributed by atoms with Crippen molar-refractivity contribution in [2.45, 2.75) is 0 Å². The van der Waals surface area contributed by atoms with Crippen LogP contribution in [0.3, 0.4) is 0 Å². The second kappa shape index (κ2) is 5.54. The second-order valence-corrected chi connectivity index (χ2v) is 4.84. The van der Waals surface area contributed by atoms with Gasteiger partial charge in [0.15, 0.2) is 5.76 Å². The lowest BCUT2D eigenvalue weighted by molar-refractivity contribution is 0.120. The molecule has 1 aliphatic rings. The molecule has 3 rings (SSSR count). The van der Waals surface area contributed by atoms with Gasteiger partial charge in [0.25, 0.3) is 0 Å². The summed E-state index contributed by atoms with van der Waals surface area (Å²) in [5, 5.41) is 11.5. The minimum absolute atomic E-state index is 0.669. The molecule has 1 saturated heterocycles. The largest absolute Gasteiger partial charge is 0.438 e. The molecule has 3 heterocycles. The van der Waals surface area contributed by atoms with Gasteiger partial charge in [0, 0.05) is 19.2 Å². The molecule has 100 valence electrons. The van der Waals surface area contributed by atoms with Crippen LogP contribution in [-0.4, -0.2) is 47.4 Å². The summed E-state index contributed by atoms with van der Waals surface area (Å²) in [5.74, 6) is 1.48. The predicted octanol–water partition coefficient (Wildman–Crippen LogP) is 1.35. The lowest BCUT2D eigenvalue weighted by Gasteiger charge is -2.26. The molecule has 8 heteroatoms. The van der Waals surface area contributed by atoms with Crippen molar-refractivity contribution in [2.24, 2.45) is 5.10 Å². The van der Waals surface area contributed by atoms with Crippen molar-refractivity contribution in [1.82, 2.24) is 14.9 Å². The molecule has 19 heavy (non-hydrogen) atoms. The summed E-state index contributed by atoms with van der Waals surface area (Å²) < 4.78 is 13.5. The van der Waals surface area contributed by atoms with Gasteiger partial charge < -0.3 is 14.1 Å². The Kier molecular flexibility index (Phi) is 3.60. The summed E-state index contributed by atoms with van der Waals surface area (Å²) >= 11 is 3.50. The lowest BCUT2D eigenvalue weighted by atomic mass is 10.4. The first-order chi connectivity index (χ1) is 9.33. The fraction of sp³-hybridized carbons (Fsp3) is 0.364. The van der Waals surface area contributed by atoms with Crippen LogP contribution in [0.15, 0.2) is 32.7 Å². The number of halogens is 1. The number of hydrogen-bond acceptors (Lipinski definition) is 6. The predicted molar refractivity (Wildman–Crippen MR) is 72.5 cm³/mol. The van der Waals surface area contributed by atoms with Crippen LogP contribution in [0.5, 0.6) is 0 Å². The van der Waals surface area contributed by atoms with E-state index in [2.05, 4.69) is 36.1 Å². The fourth-order valence-electron chi connectivity index (χ4n) is 1.80. The number of ether oxygens (including phenoxy) is 1. The van der Waals surface area contributed by atoms with E-state index in [0.29, 0.717) is 5.76 Å². The van der Waals surface area contributed by atoms with Crippen LogP contribution < -0.4 is 4.90 Å². The zero-order chi connectivity index (χ0) is 13.1. The molecule has 0 atom stereocenters. The maximum absolute atomic E-state index is 5.77. The molecule has 0 unspecified atom stereocenters. The molecule has 0 aromatic carbocycles. The van der Waals surface area contributed by atoms with Crippen molar-refractivity contribution in [3.8, 4) is 0 Å². The maximum Gasteiger partial charge on any atom is 0.210 e. The standard InChI is InChI=1S/C11H12BrN5O2/c12-10-5-9(6-15-17-7-13-14-8-17)19-11(10)16-1-3-18-4-2-16/h5-8H,1-4H2/b15-6-. The van der Waals surface area contributed by atoms with E-state index in [4.69, 9.17) is 9.15 Å². The Morgan fingerprint density at radius 3 is 2.74 bits per heavy atom. The Labute approximate surface area is 118 Å². The van der Waals surface area contributed by atoms with E-state index in [9.17, 15) is 0 Å². The van der Waals surface area contributed by atoms with E-state index < -0.39 is 0 Å². The molecule has 0 saturated carbocycles. The number of aromatic nitrogens is 3. The third-order valence-electron chi connectivity index (χ3n) is 2.71. The van der Waals surface area contributed by atoms with Crippen molar-refractivity contribution in [3.05, 3.63) is 29.0 Å². The number of rotatable bonds is 3. The molecule has 2 aromatic heterocycles. The Hall–Kier alpha value is -1.67. The van der Waals surface area contributed by atoms with E-state index in [-0.39, 0.29) is 0 Å². The SMILES string of the molecule is Brc1cc(/C=N\n2cnnc2)oc1N1CCOCC1. The highest BCUT2D eigenvalue weighted by molar-refractivity contribution is 9.10. The number of morpholine rings is 1. The average molecular weight is 326 g/mol. The molecule has 0 amide bonds. The van der Waals surface area contributed by atoms with E-state index in [0.717, 1.165) is 36.7 Å². The van der Waals surface area contributed by atoms with Crippen molar-refractivity contribution >= 4 is 28.0 Å². The van der Waals surface area contributed by atoms with E-state index in [1.165, 1.54) is 17.3 Å². The quantitative estimate of drug-likeness (QED) is 0.797. The first kappa shape index (κ1) is 12.4. The highest BCUT2D eigenvalue weighted by Crippen LogP contribution is 2.30. The molecule has 1 aliphatic heterocycles. The van der Waals surface area contributed by atoms with Crippen LogP contribution in [-0.2, 0) is 4.74 Å². The number of furan rings is 1. The molecule has 2 aromatic rings. The van der Waals surface area contributed by atoms with Crippen LogP contribution in [0.1, 0.15) is 5.76 Å². The Morgan fingerprint density at radius 1 is 1.26 bits per heavy atom. The van der Waals surface area contributed by atoms with Gasteiger partial charge in [0.1, 0.15) is 12.7 Å². The normalized spacial score (nSPS) is 16.4. The van der Waals surface area contributed by atoms with Crippen LogP contribution in [0, 0.1) is 0 Å². The van der Waals surface area contributed by atoms with Crippen molar-refractivity contribution in [3.63, 3.8) is 0 Å². The Balaban J connectivity index is 1.77. The molecular weight excluding hydrogens is 314 g/mol. The molecular formula is C11H12BrN5O2. The van der Waals surface area contributed by atoms with Crippen molar-refractivity contribution in [1.29, 1.82) is 0 Å². The average Bonchev–Trinajstić information content (AvgIpc) is 3.07. The summed E-state index contributed by atoms with van der Waals surface area (Å²) in [5.41, 5.74) is 0. The number of hydrogen-bond donors (Lipinski definition) is 0. The van der Waals surface area contributed by atoms with Gasteiger partial charge in [0.05, 0.1) is 23.9 Å². The van der Waals surface area contributed by atoms with Crippen LogP contribution >= 0.6 is 15.9 Å². The third kappa shape index (κ3) is 2.85. The van der Waals surface area contributed by atoms with E-state index in [1.807, 2.05) is 6.07 Å². The van der Waals surface area contributed by atoms with E-state index >= 15 is 0 Å². The summed E-state index contributed by atoms with van der Waals surface area (Å²) in [6, 6.07) is 1.89. The van der Waals surface area contributed by atoms with Gasteiger partial charge in [-0.25, -0.2) is 4.68 Å². The summed E-state index contributed by atoms with van der Waals surface area (Å²) in [7, 11) is 0. The van der Waals surface area contributed by atoms with Gasteiger partial charge in [-0.3, -0.25) is 0 Å². The molecule has 7 nitrogen and oxygen atoms in total. The maximum atomic E-state index is 5.77. The third-order valence-corrected chi connectivity index (χ3v) is 3.28. The molecule has 1 fully saturated rings. The second-order valence-electron chi connectivity index (χ2n) is 3.99. The molecule has 0 bridgehead atoms. The fourth-order valence-corrected chi connectivity index (χ4v) is 2.36.